The number of pyridine rings is 1. The number of amides is 1. The lowest BCUT2D eigenvalue weighted by Crippen LogP contribution is -2.22. The van der Waals surface area contributed by atoms with Gasteiger partial charge >= 0.3 is 0 Å². The van der Waals surface area contributed by atoms with E-state index in [0.717, 1.165) is 16.3 Å². The molecule has 2 aromatic heterocycles. The van der Waals surface area contributed by atoms with Crippen LogP contribution in [0.1, 0.15) is 13.3 Å². The van der Waals surface area contributed by atoms with Crippen LogP contribution in [0.15, 0.2) is 52.8 Å². The molecule has 3 rings (SSSR count). The van der Waals surface area contributed by atoms with Crippen molar-refractivity contribution < 1.29 is 17.9 Å². The van der Waals surface area contributed by atoms with Crippen LogP contribution in [0.4, 0.5) is 5.69 Å². The van der Waals surface area contributed by atoms with E-state index >= 15 is 0 Å². The Bertz CT molecular complexity index is 1210. The van der Waals surface area contributed by atoms with Gasteiger partial charge in [0, 0.05) is 38.6 Å². The lowest BCUT2D eigenvalue weighted by Gasteiger charge is -2.15. The van der Waals surface area contributed by atoms with Gasteiger partial charge in [0.15, 0.2) is 11.0 Å². The standard InChI is InChI=1S/C21H26N6O4S2/c1-5-12-27-20(15-8-10-22-11-9-15)24-25-21(27)32-14-19(28)23-17-13-16(6-7-18(17)31-4)33(29,30)26(2)3/h6-11,13H,5,12,14H2,1-4H3,(H,23,28). The van der Waals surface area contributed by atoms with Crippen LogP contribution in [0.3, 0.4) is 0 Å². The highest BCUT2D eigenvalue weighted by molar-refractivity contribution is 7.99. The fourth-order valence-electron chi connectivity index (χ4n) is 3.01. The first-order valence-electron chi connectivity index (χ1n) is 10.1. The van der Waals surface area contributed by atoms with Gasteiger partial charge in [-0.15, -0.1) is 10.2 Å². The zero-order valence-electron chi connectivity index (χ0n) is 18.8. The molecule has 0 aliphatic rings. The molecule has 176 valence electrons. The maximum Gasteiger partial charge on any atom is 0.242 e. The zero-order chi connectivity index (χ0) is 24.0. The van der Waals surface area contributed by atoms with Gasteiger partial charge in [0.25, 0.3) is 0 Å². The molecule has 0 saturated carbocycles. The molecule has 0 radical (unpaired) electrons. The number of nitrogens with zero attached hydrogens (tertiary/aromatic N) is 5. The number of ether oxygens (including phenoxy) is 1. The van der Waals surface area contributed by atoms with E-state index < -0.39 is 10.0 Å². The Hall–Kier alpha value is -2.96. The minimum absolute atomic E-state index is 0.0564. The molecule has 0 bridgehead atoms. The molecule has 0 aliphatic carbocycles. The molecular weight excluding hydrogens is 464 g/mol. The number of hydrogen-bond donors (Lipinski definition) is 1. The van der Waals surface area contributed by atoms with Crippen LogP contribution < -0.4 is 10.1 Å². The Kier molecular flexibility index (Phi) is 8.06. The third kappa shape index (κ3) is 5.70. The summed E-state index contributed by atoms with van der Waals surface area (Å²) in [4.78, 5) is 16.8. The average Bonchev–Trinajstić information content (AvgIpc) is 3.21. The number of anilines is 1. The van der Waals surface area contributed by atoms with E-state index in [0.29, 0.717) is 23.3 Å². The van der Waals surface area contributed by atoms with E-state index in [1.54, 1.807) is 12.4 Å². The number of benzene rings is 1. The van der Waals surface area contributed by atoms with Gasteiger partial charge in [-0.1, -0.05) is 18.7 Å². The Labute approximate surface area is 197 Å². The molecule has 2 heterocycles. The summed E-state index contributed by atoms with van der Waals surface area (Å²) in [5, 5.41) is 11.9. The number of thioether (sulfide) groups is 1. The highest BCUT2D eigenvalue weighted by Gasteiger charge is 2.20. The smallest absolute Gasteiger partial charge is 0.242 e. The van der Waals surface area contributed by atoms with Crippen molar-refractivity contribution >= 4 is 33.4 Å². The predicted octanol–water partition coefficient (Wildman–Crippen LogP) is 2.74. The van der Waals surface area contributed by atoms with Crippen LogP contribution >= 0.6 is 11.8 Å². The fourth-order valence-corrected chi connectivity index (χ4v) is 4.70. The van der Waals surface area contributed by atoms with Crippen molar-refractivity contribution in [3.8, 4) is 17.1 Å². The van der Waals surface area contributed by atoms with E-state index in [-0.39, 0.29) is 22.2 Å². The van der Waals surface area contributed by atoms with Crippen molar-refractivity contribution in [2.24, 2.45) is 0 Å². The number of nitrogens with one attached hydrogen (secondary N) is 1. The number of methoxy groups -OCH3 is 1. The van der Waals surface area contributed by atoms with Crippen molar-refractivity contribution in [2.75, 3.05) is 32.3 Å². The Balaban J connectivity index is 1.77. The third-order valence-corrected chi connectivity index (χ3v) is 7.44. The van der Waals surface area contributed by atoms with E-state index in [1.807, 2.05) is 16.7 Å². The van der Waals surface area contributed by atoms with Crippen molar-refractivity contribution in [1.29, 1.82) is 0 Å². The van der Waals surface area contributed by atoms with E-state index in [2.05, 4.69) is 27.4 Å². The Morgan fingerprint density at radius 3 is 2.55 bits per heavy atom. The molecular formula is C21H26N6O4S2. The second kappa shape index (κ2) is 10.8. The summed E-state index contributed by atoms with van der Waals surface area (Å²) in [6.07, 6.45) is 4.26. The molecule has 0 fully saturated rings. The van der Waals surface area contributed by atoms with E-state index in [1.165, 1.54) is 51.2 Å². The van der Waals surface area contributed by atoms with Crippen LogP contribution in [0.2, 0.25) is 0 Å². The lowest BCUT2D eigenvalue weighted by molar-refractivity contribution is -0.113. The SMILES string of the molecule is CCCn1c(SCC(=O)Nc2cc(S(=O)(=O)N(C)C)ccc2OC)nnc1-c1ccncc1. The second-order valence-corrected chi connectivity index (χ2v) is 10.3. The molecule has 1 amide bonds. The maximum absolute atomic E-state index is 12.7. The lowest BCUT2D eigenvalue weighted by atomic mass is 10.2. The summed E-state index contributed by atoms with van der Waals surface area (Å²) in [5.74, 6) is 0.811. The minimum Gasteiger partial charge on any atom is -0.495 e. The summed E-state index contributed by atoms with van der Waals surface area (Å²) < 4.78 is 33.2. The summed E-state index contributed by atoms with van der Waals surface area (Å²) in [7, 11) is 0.687. The molecule has 0 unspecified atom stereocenters. The van der Waals surface area contributed by atoms with Crippen molar-refractivity contribution in [3.05, 3.63) is 42.7 Å². The number of carbonyl (C=O) groups is 1. The highest BCUT2D eigenvalue weighted by Crippen LogP contribution is 2.29. The highest BCUT2D eigenvalue weighted by atomic mass is 32.2. The van der Waals surface area contributed by atoms with Crippen molar-refractivity contribution in [2.45, 2.75) is 29.9 Å². The van der Waals surface area contributed by atoms with Crippen molar-refractivity contribution in [3.63, 3.8) is 0 Å². The molecule has 0 atom stereocenters. The largest absolute Gasteiger partial charge is 0.495 e. The zero-order valence-corrected chi connectivity index (χ0v) is 20.5. The maximum atomic E-state index is 12.7. The molecule has 33 heavy (non-hydrogen) atoms. The number of rotatable bonds is 10. The van der Waals surface area contributed by atoms with Crippen LogP contribution in [-0.4, -0.2) is 65.3 Å². The van der Waals surface area contributed by atoms with Gasteiger partial charge < -0.3 is 14.6 Å². The fraction of sp³-hybridized carbons (Fsp3) is 0.333. The van der Waals surface area contributed by atoms with Gasteiger partial charge in [0.1, 0.15) is 5.75 Å². The first-order valence-corrected chi connectivity index (χ1v) is 12.6. The van der Waals surface area contributed by atoms with Crippen LogP contribution in [-0.2, 0) is 21.4 Å². The van der Waals surface area contributed by atoms with Crippen LogP contribution in [0.5, 0.6) is 5.75 Å². The van der Waals surface area contributed by atoms with Gasteiger partial charge in [0.2, 0.25) is 15.9 Å². The van der Waals surface area contributed by atoms with Gasteiger partial charge in [-0.3, -0.25) is 9.78 Å². The van der Waals surface area contributed by atoms with Gasteiger partial charge in [-0.05, 0) is 36.8 Å². The van der Waals surface area contributed by atoms with Crippen molar-refractivity contribution in [1.82, 2.24) is 24.1 Å². The third-order valence-electron chi connectivity index (χ3n) is 4.66. The molecule has 3 aromatic rings. The summed E-state index contributed by atoms with van der Waals surface area (Å²) in [6, 6.07) is 8.05. The molecule has 10 nitrogen and oxygen atoms in total. The number of sulfonamides is 1. The number of carbonyl (C=O) groups excluding carboxylic acids is 1. The van der Waals surface area contributed by atoms with Gasteiger partial charge in [0.05, 0.1) is 23.4 Å². The minimum atomic E-state index is -3.66. The molecule has 12 heteroatoms. The monoisotopic (exact) mass is 490 g/mol. The first-order chi connectivity index (χ1) is 15.8. The Morgan fingerprint density at radius 2 is 1.91 bits per heavy atom. The van der Waals surface area contributed by atoms with E-state index in [4.69, 9.17) is 4.74 Å². The molecule has 0 spiro atoms. The normalized spacial score (nSPS) is 11.5. The average molecular weight is 491 g/mol. The summed E-state index contributed by atoms with van der Waals surface area (Å²) >= 11 is 1.25. The number of aromatic nitrogens is 4. The summed E-state index contributed by atoms with van der Waals surface area (Å²) in [5.41, 5.74) is 1.17. The predicted molar refractivity (Wildman–Crippen MR) is 127 cm³/mol. The van der Waals surface area contributed by atoms with Gasteiger partial charge in [-0.25, -0.2) is 12.7 Å². The quantitative estimate of drug-likeness (QED) is 0.431. The molecule has 1 aromatic carbocycles. The molecule has 0 saturated heterocycles. The topological polar surface area (TPSA) is 119 Å². The Morgan fingerprint density at radius 1 is 1.18 bits per heavy atom. The van der Waals surface area contributed by atoms with Gasteiger partial charge in [-0.2, -0.15) is 0 Å². The van der Waals surface area contributed by atoms with Crippen LogP contribution in [0, 0.1) is 0 Å². The number of hydrogen-bond acceptors (Lipinski definition) is 8. The second-order valence-electron chi connectivity index (χ2n) is 7.18. The summed E-state index contributed by atoms with van der Waals surface area (Å²) in [6.45, 7) is 2.76. The van der Waals surface area contributed by atoms with Crippen LogP contribution in [0.25, 0.3) is 11.4 Å². The van der Waals surface area contributed by atoms with E-state index in [9.17, 15) is 13.2 Å². The molecule has 1 N–H and O–H groups in total. The molecule has 0 aliphatic heterocycles. The first kappa shape index (κ1) is 24.7.